The number of pyridine rings is 1. The molecule has 1 aliphatic rings. The van der Waals surface area contributed by atoms with Crippen molar-refractivity contribution in [2.45, 2.75) is 57.8 Å². The van der Waals surface area contributed by atoms with Gasteiger partial charge in [-0.3, -0.25) is 9.63 Å². The Bertz CT molecular complexity index is 1280. The van der Waals surface area contributed by atoms with Crippen LogP contribution in [-0.4, -0.2) is 59.5 Å². The van der Waals surface area contributed by atoms with Crippen molar-refractivity contribution in [1.82, 2.24) is 10.0 Å². The summed E-state index contributed by atoms with van der Waals surface area (Å²) in [7, 11) is 2.66. The Morgan fingerprint density at radius 1 is 1.07 bits per heavy atom. The largest absolute Gasteiger partial charge is 0.503 e. The number of rotatable bonds is 8. The Hall–Kier alpha value is -4.11. The molecular formula is C31H36N2O7. The molecule has 0 bridgehead atoms. The van der Waals surface area contributed by atoms with Crippen LogP contribution in [0.3, 0.4) is 0 Å². The molecule has 1 saturated heterocycles. The van der Waals surface area contributed by atoms with Gasteiger partial charge in [-0.25, -0.2) is 14.8 Å². The van der Waals surface area contributed by atoms with Gasteiger partial charge in [0.25, 0.3) is 0 Å². The van der Waals surface area contributed by atoms with Gasteiger partial charge in [0.2, 0.25) is 0 Å². The van der Waals surface area contributed by atoms with Gasteiger partial charge in [0.05, 0.1) is 14.2 Å². The number of carbonyl (C=O) groups is 2. The number of nitrogens with zero attached hydrogens (tertiary/aromatic N) is 2. The van der Waals surface area contributed by atoms with Crippen LogP contribution in [0, 0.1) is 12.8 Å². The lowest BCUT2D eigenvalue weighted by atomic mass is 9.86. The van der Waals surface area contributed by atoms with Gasteiger partial charge in [-0.1, -0.05) is 54.4 Å². The zero-order valence-corrected chi connectivity index (χ0v) is 23.3. The first kappa shape index (κ1) is 28.9. The fourth-order valence-corrected chi connectivity index (χ4v) is 5.09. The van der Waals surface area contributed by atoms with E-state index in [4.69, 9.17) is 19.0 Å². The minimum absolute atomic E-state index is 0.0280. The molecule has 2 aromatic carbocycles. The summed E-state index contributed by atoms with van der Waals surface area (Å²) >= 11 is 0. The van der Waals surface area contributed by atoms with Gasteiger partial charge in [-0.05, 0) is 50.8 Å². The zero-order valence-electron chi connectivity index (χ0n) is 23.3. The van der Waals surface area contributed by atoms with E-state index in [2.05, 4.69) is 36.2 Å². The van der Waals surface area contributed by atoms with Gasteiger partial charge >= 0.3 is 11.9 Å². The lowest BCUT2D eigenvalue weighted by molar-refractivity contribution is -0.179. The Morgan fingerprint density at radius 3 is 2.48 bits per heavy atom. The average Bonchev–Trinajstić information content (AvgIpc) is 3.00. The van der Waals surface area contributed by atoms with E-state index in [0.29, 0.717) is 12.2 Å². The molecule has 1 aliphatic heterocycles. The van der Waals surface area contributed by atoms with E-state index in [1.54, 1.807) is 0 Å². The van der Waals surface area contributed by atoms with Crippen molar-refractivity contribution >= 4 is 11.9 Å². The second kappa shape index (κ2) is 13.3. The Kier molecular flexibility index (Phi) is 9.60. The SMILES string of the molecule is COc1ccnc(C(=O)N(OC)[C@H]2CCC[C@H](Cc3ccc(C)cc3)[C@@H](Oc3ccccc3)[C@H](C)OC2=O)c1O. The van der Waals surface area contributed by atoms with Gasteiger partial charge in [0.15, 0.2) is 23.2 Å². The van der Waals surface area contributed by atoms with Crippen molar-refractivity contribution in [2.75, 3.05) is 14.2 Å². The summed E-state index contributed by atoms with van der Waals surface area (Å²) in [5, 5.41) is 11.4. The molecule has 1 N–H and O–H groups in total. The van der Waals surface area contributed by atoms with Crippen LogP contribution in [0.25, 0.3) is 0 Å². The van der Waals surface area contributed by atoms with E-state index >= 15 is 0 Å². The summed E-state index contributed by atoms with van der Waals surface area (Å²) in [6, 6.07) is 18.2. The Labute approximate surface area is 234 Å². The van der Waals surface area contributed by atoms with Crippen LogP contribution >= 0.6 is 0 Å². The van der Waals surface area contributed by atoms with Crippen molar-refractivity contribution in [3.05, 3.63) is 83.7 Å². The van der Waals surface area contributed by atoms with Crippen molar-refractivity contribution in [3.8, 4) is 17.2 Å². The van der Waals surface area contributed by atoms with Gasteiger partial charge in [0, 0.05) is 18.2 Å². The number of aromatic hydroxyl groups is 1. The molecule has 212 valence electrons. The Morgan fingerprint density at radius 2 is 1.80 bits per heavy atom. The fourth-order valence-electron chi connectivity index (χ4n) is 5.09. The topological polar surface area (TPSA) is 107 Å². The highest BCUT2D eigenvalue weighted by molar-refractivity contribution is 5.97. The highest BCUT2D eigenvalue weighted by atomic mass is 16.7. The monoisotopic (exact) mass is 548 g/mol. The molecule has 9 heteroatoms. The highest BCUT2D eigenvalue weighted by Gasteiger charge is 2.40. The van der Waals surface area contributed by atoms with Crippen LogP contribution in [0.1, 0.15) is 47.8 Å². The summed E-state index contributed by atoms with van der Waals surface area (Å²) in [4.78, 5) is 36.3. The van der Waals surface area contributed by atoms with Crippen molar-refractivity contribution in [1.29, 1.82) is 0 Å². The van der Waals surface area contributed by atoms with Gasteiger partial charge < -0.3 is 19.3 Å². The van der Waals surface area contributed by atoms with Gasteiger partial charge in [-0.2, -0.15) is 0 Å². The highest BCUT2D eigenvalue weighted by Crippen LogP contribution is 2.32. The van der Waals surface area contributed by atoms with Crippen LogP contribution in [0.4, 0.5) is 0 Å². The van der Waals surface area contributed by atoms with E-state index in [1.165, 1.54) is 37.6 Å². The second-order valence-corrected chi connectivity index (χ2v) is 9.96. The number of carbonyl (C=O) groups excluding carboxylic acids is 2. The predicted octanol–water partition coefficient (Wildman–Crippen LogP) is 4.90. The molecule has 2 heterocycles. The van der Waals surface area contributed by atoms with Crippen LogP contribution < -0.4 is 9.47 Å². The van der Waals surface area contributed by atoms with Gasteiger partial charge in [-0.15, -0.1) is 0 Å². The maximum Gasteiger partial charge on any atom is 0.331 e. The first-order valence-electron chi connectivity index (χ1n) is 13.4. The van der Waals surface area contributed by atoms with Gasteiger partial charge in [0.1, 0.15) is 18.0 Å². The molecule has 0 spiro atoms. The number of aromatic nitrogens is 1. The number of amides is 1. The third-order valence-electron chi connectivity index (χ3n) is 7.18. The number of aryl methyl sites for hydroxylation is 1. The predicted molar refractivity (Wildman–Crippen MR) is 148 cm³/mol. The molecular weight excluding hydrogens is 512 g/mol. The maximum absolute atomic E-state index is 13.5. The average molecular weight is 549 g/mol. The van der Waals surface area contributed by atoms with Crippen molar-refractivity contribution < 1.29 is 33.7 Å². The first-order chi connectivity index (χ1) is 19.3. The van der Waals surface area contributed by atoms with Crippen LogP contribution in [0.2, 0.25) is 0 Å². The number of cyclic esters (lactones) is 1. The van der Waals surface area contributed by atoms with E-state index in [0.717, 1.165) is 17.9 Å². The minimum Gasteiger partial charge on any atom is -0.503 e. The minimum atomic E-state index is -1.05. The van der Waals surface area contributed by atoms with E-state index in [9.17, 15) is 14.7 Å². The van der Waals surface area contributed by atoms with E-state index < -0.39 is 35.9 Å². The molecule has 1 amide bonds. The number of para-hydroxylation sites is 1. The molecule has 4 atom stereocenters. The summed E-state index contributed by atoms with van der Waals surface area (Å²) < 4.78 is 17.5. The van der Waals surface area contributed by atoms with Crippen LogP contribution in [-0.2, 0) is 20.8 Å². The smallest absolute Gasteiger partial charge is 0.331 e. The fraction of sp³-hybridized carbons (Fsp3) is 0.387. The lowest BCUT2D eigenvalue weighted by Crippen LogP contribution is -2.47. The van der Waals surface area contributed by atoms with Crippen LogP contribution in [0.5, 0.6) is 17.2 Å². The molecule has 4 rings (SSSR count). The maximum atomic E-state index is 13.5. The lowest BCUT2D eigenvalue weighted by Gasteiger charge is -2.32. The van der Waals surface area contributed by atoms with E-state index in [-0.39, 0.29) is 23.8 Å². The number of hydroxylamine groups is 2. The standard InChI is InChI=1S/C31H36N2O7/c1-20-13-15-22(16-14-20)19-23-9-8-12-25(31(36)39-21(2)29(23)40-24-10-6-5-7-11-24)33(38-4)30(35)27-28(34)26(37-3)17-18-32-27/h5-7,10-11,13-18,21,23,25,29,34H,8-9,12,19H2,1-4H3/t21-,23+,25-,29-/m0/s1. The molecule has 0 unspecified atom stereocenters. The molecule has 40 heavy (non-hydrogen) atoms. The van der Waals surface area contributed by atoms with Crippen molar-refractivity contribution in [3.63, 3.8) is 0 Å². The third kappa shape index (κ3) is 6.71. The quantitative estimate of drug-likeness (QED) is 0.313. The van der Waals surface area contributed by atoms with Crippen molar-refractivity contribution in [2.24, 2.45) is 5.92 Å². The summed E-state index contributed by atoms with van der Waals surface area (Å²) in [6.45, 7) is 3.86. The number of ether oxygens (including phenoxy) is 3. The molecule has 0 saturated carbocycles. The number of esters is 1. The molecule has 1 fully saturated rings. The molecule has 0 aliphatic carbocycles. The second-order valence-electron chi connectivity index (χ2n) is 9.96. The molecule has 3 aromatic rings. The third-order valence-corrected chi connectivity index (χ3v) is 7.18. The summed E-state index contributed by atoms with van der Waals surface area (Å²) in [6.07, 6.45) is 2.63. The summed E-state index contributed by atoms with van der Waals surface area (Å²) in [5.41, 5.74) is 2.06. The summed E-state index contributed by atoms with van der Waals surface area (Å²) in [5.74, 6) is -1.03. The number of hydrogen-bond acceptors (Lipinski definition) is 8. The number of methoxy groups -OCH3 is 1. The van der Waals surface area contributed by atoms with E-state index in [1.807, 2.05) is 37.3 Å². The number of benzene rings is 2. The zero-order chi connectivity index (χ0) is 28.6. The molecule has 9 nitrogen and oxygen atoms in total. The normalized spacial score (nSPS) is 21.4. The van der Waals surface area contributed by atoms with Crippen LogP contribution in [0.15, 0.2) is 66.9 Å². The Balaban J connectivity index is 1.62. The molecule has 0 radical (unpaired) electrons. The molecule has 1 aromatic heterocycles. The number of hydrogen-bond donors (Lipinski definition) is 1. The first-order valence-corrected chi connectivity index (χ1v) is 13.4.